The molecule has 23 heavy (non-hydrogen) atoms. The molecule has 1 aromatic rings. The molecule has 1 heterocycles. The molecule has 1 N–H and O–H groups in total. The molecule has 0 spiro atoms. The van der Waals surface area contributed by atoms with E-state index in [1.165, 1.54) is 6.20 Å². The van der Waals surface area contributed by atoms with E-state index in [4.69, 9.17) is 0 Å². The van der Waals surface area contributed by atoms with Gasteiger partial charge in [0.05, 0.1) is 0 Å². The highest BCUT2D eigenvalue weighted by Crippen LogP contribution is 2.06. The number of carbonyl (C=O) groups excluding carboxylic acids is 2. The lowest BCUT2D eigenvalue weighted by atomic mass is 10.2. The van der Waals surface area contributed by atoms with Gasteiger partial charge in [-0.05, 0) is 45.6 Å². The lowest BCUT2D eigenvalue weighted by molar-refractivity contribution is 0.0787. The topological polar surface area (TPSA) is 65.5 Å². The Balaban J connectivity index is 2.61. The zero-order chi connectivity index (χ0) is 17.2. The largest absolute Gasteiger partial charge is 0.352 e. The Hall–Kier alpha value is -1.95. The van der Waals surface area contributed by atoms with Crippen LogP contribution in [0.2, 0.25) is 0 Å². The predicted octanol–water partition coefficient (Wildman–Crippen LogP) is 1.64. The van der Waals surface area contributed by atoms with E-state index >= 15 is 0 Å². The molecule has 0 saturated carbocycles. The molecule has 0 unspecified atom stereocenters. The average Bonchev–Trinajstić information content (AvgIpc) is 2.55. The number of nitrogens with one attached hydrogen (secondary N) is 1. The van der Waals surface area contributed by atoms with Crippen LogP contribution in [0.4, 0.5) is 0 Å². The van der Waals surface area contributed by atoms with Gasteiger partial charge in [0.1, 0.15) is 5.69 Å². The summed E-state index contributed by atoms with van der Waals surface area (Å²) in [5.74, 6) is -0.322. The summed E-state index contributed by atoms with van der Waals surface area (Å²) in [7, 11) is 5.75. The minimum atomic E-state index is -0.170. The molecule has 0 radical (unpaired) electrons. The average molecular weight is 320 g/mol. The molecule has 6 heteroatoms. The van der Waals surface area contributed by atoms with Crippen molar-refractivity contribution < 1.29 is 9.59 Å². The number of aromatic nitrogens is 1. The van der Waals surface area contributed by atoms with Crippen LogP contribution in [0.3, 0.4) is 0 Å². The molecule has 0 saturated heterocycles. The second-order valence-corrected chi connectivity index (χ2v) is 5.92. The fourth-order valence-electron chi connectivity index (χ4n) is 2.08. The number of nitrogens with zero attached hydrogens (tertiary/aromatic N) is 3. The number of hydrogen-bond acceptors (Lipinski definition) is 4. The first-order valence-corrected chi connectivity index (χ1v) is 8.10. The van der Waals surface area contributed by atoms with Gasteiger partial charge >= 0.3 is 0 Å². The van der Waals surface area contributed by atoms with Crippen molar-refractivity contribution in [3.05, 3.63) is 29.6 Å². The molecule has 0 aliphatic rings. The minimum absolute atomic E-state index is 0.152. The Kier molecular flexibility index (Phi) is 8.26. The molecule has 0 atom stereocenters. The third-order valence-corrected chi connectivity index (χ3v) is 3.50. The van der Waals surface area contributed by atoms with E-state index in [2.05, 4.69) is 22.1 Å². The number of unbranched alkanes of at least 4 members (excludes halogenated alkanes) is 1. The maximum absolute atomic E-state index is 12.3. The number of carbonyl (C=O) groups is 2. The SMILES string of the molecule is CCCCN(C)C(=O)c1cc(C(=O)NCCCN(C)C)ccn1. The third kappa shape index (κ3) is 6.78. The first-order chi connectivity index (χ1) is 11.0. The summed E-state index contributed by atoms with van der Waals surface area (Å²) < 4.78 is 0. The molecule has 2 amide bonds. The first kappa shape index (κ1) is 19.1. The summed E-state index contributed by atoms with van der Waals surface area (Å²) in [6.07, 6.45) is 4.37. The highest BCUT2D eigenvalue weighted by Gasteiger charge is 2.15. The molecule has 128 valence electrons. The van der Waals surface area contributed by atoms with Gasteiger partial charge in [-0.2, -0.15) is 0 Å². The number of hydrogen-bond donors (Lipinski definition) is 1. The number of rotatable bonds is 9. The first-order valence-electron chi connectivity index (χ1n) is 8.10. The van der Waals surface area contributed by atoms with Crippen molar-refractivity contribution in [1.82, 2.24) is 20.1 Å². The molecular weight excluding hydrogens is 292 g/mol. The zero-order valence-corrected chi connectivity index (χ0v) is 14.6. The summed E-state index contributed by atoms with van der Waals surface area (Å²) >= 11 is 0. The fraction of sp³-hybridized carbons (Fsp3) is 0.588. The standard InChI is InChI=1S/C17H28N4O2/c1-5-6-12-21(4)17(23)15-13-14(8-10-18-15)16(22)19-9-7-11-20(2)3/h8,10,13H,5-7,9,11-12H2,1-4H3,(H,19,22). The van der Waals surface area contributed by atoms with E-state index in [1.54, 1.807) is 24.1 Å². The van der Waals surface area contributed by atoms with Crippen LogP contribution in [0, 0.1) is 0 Å². The minimum Gasteiger partial charge on any atom is -0.352 e. The molecule has 0 aliphatic carbocycles. The van der Waals surface area contributed by atoms with E-state index in [-0.39, 0.29) is 11.8 Å². The maximum Gasteiger partial charge on any atom is 0.272 e. The van der Waals surface area contributed by atoms with Crippen molar-refractivity contribution in [1.29, 1.82) is 0 Å². The smallest absolute Gasteiger partial charge is 0.272 e. The Morgan fingerprint density at radius 1 is 1.17 bits per heavy atom. The lowest BCUT2D eigenvalue weighted by Gasteiger charge is -2.16. The molecule has 0 aliphatic heterocycles. The zero-order valence-electron chi connectivity index (χ0n) is 14.6. The molecule has 6 nitrogen and oxygen atoms in total. The van der Waals surface area contributed by atoms with Crippen LogP contribution < -0.4 is 5.32 Å². The Morgan fingerprint density at radius 2 is 1.91 bits per heavy atom. The van der Waals surface area contributed by atoms with Crippen LogP contribution in [0.1, 0.15) is 47.0 Å². The van der Waals surface area contributed by atoms with Gasteiger partial charge < -0.3 is 15.1 Å². The maximum atomic E-state index is 12.3. The van der Waals surface area contributed by atoms with Gasteiger partial charge in [-0.15, -0.1) is 0 Å². The van der Waals surface area contributed by atoms with Gasteiger partial charge in [0, 0.05) is 31.9 Å². The highest BCUT2D eigenvalue weighted by molar-refractivity contribution is 5.98. The van der Waals surface area contributed by atoms with Crippen LogP contribution in [-0.4, -0.2) is 67.4 Å². The van der Waals surface area contributed by atoms with Crippen molar-refractivity contribution in [2.24, 2.45) is 0 Å². The van der Waals surface area contributed by atoms with E-state index in [1.807, 2.05) is 14.1 Å². The Morgan fingerprint density at radius 3 is 2.57 bits per heavy atom. The Bertz CT molecular complexity index is 517. The van der Waals surface area contributed by atoms with Gasteiger partial charge in [-0.25, -0.2) is 0 Å². The van der Waals surface area contributed by atoms with Crippen molar-refractivity contribution in [3.8, 4) is 0 Å². The molecule has 0 aromatic carbocycles. The summed E-state index contributed by atoms with van der Waals surface area (Å²) in [5, 5.41) is 2.87. The predicted molar refractivity (Wildman–Crippen MR) is 91.6 cm³/mol. The fourth-order valence-corrected chi connectivity index (χ4v) is 2.08. The molecule has 1 rings (SSSR count). The van der Waals surface area contributed by atoms with Crippen LogP contribution in [-0.2, 0) is 0 Å². The van der Waals surface area contributed by atoms with Crippen molar-refractivity contribution in [2.75, 3.05) is 40.8 Å². The van der Waals surface area contributed by atoms with Crippen LogP contribution >= 0.6 is 0 Å². The highest BCUT2D eigenvalue weighted by atomic mass is 16.2. The summed E-state index contributed by atoms with van der Waals surface area (Å²) in [5.41, 5.74) is 0.779. The molecule has 0 fully saturated rings. The van der Waals surface area contributed by atoms with E-state index in [9.17, 15) is 9.59 Å². The third-order valence-electron chi connectivity index (χ3n) is 3.50. The van der Waals surface area contributed by atoms with Crippen LogP contribution in [0.25, 0.3) is 0 Å². The quantitative estimate of drug-likeness (QED) is 0.703. The number of pyridine rings is 1. The second kappa shape index (κ2) is 9.94. The Labute approximate surface area is 138 Å². The number of amides is 2. The normalized spacial score (nSPS) is 10.7. The summed E-state index contributed by atoms with van der Waals surface area (Å²) in [4.78, 5) is 32.2. The second-order valence-electron chi connectivity index (χ2n) is 5.92. The lowest BCUT2D eigenvalue weighted by Crippen LogP contribution is -2.30. The van der Waals surface area contributed by atoms with E-state index < -0.39 is 0 Å². The molecular formula is C17H28N4O2. The van der Waals surface area contributed by atoms with Crippen LogP contribution in [0.5, 0.6) is 0 Å². The van der Waals surface area contributed by atoms with Gasteiger partial charge in [0.15, 0.2) is 0 Å². The van der Waals surface area contributed by atoms with Crippen molar-refractivity contribution in [3.63, 3.8) is 0 Å². The summed E-state index contributed by atoms with van der Waals surface area (Å²) in [6.45, 7) is 4.30. The monoisotopic (exact) mass is 320 g/mol. The van der Waals surface area contributed by atoms with Crippen molar-refractivity contribution in [2.45, 2.75) is 26.2 Å². The van der Waals surface area contributed by atoms with Crippen molar-refractivity contribution >= 4 is 11.8 Å². The molecule has 1 aromatic heterocycles. The van der Waals surface area contributed by atoms with Gasteiger partial charge in [-0.1, -0.05) is 13.3 Å². The van der Waals surface area contributed by atoms with Gasteiger partial charge in [0.25, 0.3) is 11.8 Å². The molecule has 0 bridgehead atoms. The van der Waals surface area contributed by atoms with E-state index in [0.717, 1.165) is 25.8 Å². The van der Waals surface area contributed by atoms with Gasteiger partial charge in [0.2, 0.25) is 0 Å². The van der Waals surface area contributed by atoms with Crippen LogP contribution in [0.15, 0.2) is 18.3 Å². The summed E-state index contributed by atoms with van der Waals surface area (Å²) in [6, 6.07) is 3.19. The van der Waals surface area contributed by atoms with Gasteiger partial charge in [-0.3, -0.25) is 14.6 Å². The van der Waals surface area contributed by atoms with E-state index in [0.29, 0.717) is 24.3 Å².